The predicted molar refractivity (Wildman–Crippen MR) is 67.8 cm³/mol. The van der Waals surface area contributed by atoms with E-state index in [0.717, 1.165) is 0 Å². The lowest BCUT2D eigenvalue weighted by Gasteiger charge is -2.06. The minimum absolute atomic E-state index is 0.00235. The van der Waals surface area contributed by atoms with Crippen molar-refractivity contribution in [3.05, 3.63) is 35.4 Å². The zero-order valence-corrected chi connectivity index (χ0v) is 10.4. The second-order valence-electron chi connectivity index (χ2n) is 3.45. The van der Waals surface area contributed by atoms with E-state index in [2.05, 4.69) is 0 Å². The van der Waals surface area contributed by atoms with Crippen LogP contribution in [-0.2, 0) is 9.53 Å². The summed E-state index contributed by atoms with van der Waals surface area (Å²) in [6.45, 7) is 1.84. The third-order valence-electron chi connectivity index (χ3n) is 2.07. The number of hydrogen-bond donors (Lipinski definition) is 0. The van der Waals surface area contributed by atoms with E-state index in [9.17, 15) is 4.79 Å². The number of rotatable bonds is 5. The van der Waals surface area contributed by atoms with Gasteiger partial charge in [0.2, 0.25) is 0 Å². The number of carbonyl (C=O) groups is 1. The van der Waals surface area contributed by atoms with Gasteiger partial charge in [-0.05, 0) is 30.7 Å². The van der Waals surface area contributed by atoms with Gasteiger partial charge >= 0.3 is 5.97 Å². The van der Waals surface area contributed by atoms with Gasteiger partial charge in [0.25, 0.3) is 0 Å². The molecule has 1 aromatic rings. The zero-order valence-electron chi connectivity index (χ0n) is 10.4. The molecule has 0 aliphatic carbocycles. The highest BCUT2D eigenvalue weighted by molar-refractivity contribution is 5.71. The number of allylic oxidation sites excluding steroid dienone is 1. The van der Waals surface area contributed by atoms with Crippen molar-refractivity contribution in [2.24, 2.45) is 0 Å². The van der Waals surface area contributed by atoms with Gasteiger partial charge in [-0.3, -0.25) is 0 Å². The molecule has 0 saturated heterocycles. The minimum Gasteiger partial charge on any atom is -0.482 e. The summed E-state index contributed by atoms with van der Waals surface area (Å²) in [7, 11) is 0. The summed E-state index contributed by atoms with van der Waals surface area (Å²) < 4.78 is 9.97. The first-order chi connectivity index (χ1) is 9.19. The van der Waals surface area contributed by atoms with Crippen molar-refractivity contribution < 1.29 is 14.3 Å². The fourth-order valence-electron chi connectivity index (χ4n) is 1.30. The van der Waals surface area contributed by atoms with Crippen molar-refractivity contribution in [3.8, 4) is 17.9 Å². The van der Waals surface area contributed by atoms with Crippen LogP contribution < -0.4 is 4.74 Å². The molecule has 0 fully saturated rings. The largest absolute Gasteiger partial charge is 0.482 e. The average molecular weight is 256 g/mol. The maximum Gasteiger partial charge on any atom is 0.344 e. The van der Waals surface area contributed by atoms with Gasteiger partial charge in [0.05, 0.1) is 6.61 Å². The predicted octanol–water partition coefficient (Wildman–Crippen LogP) is 2.06. The molecule has 0 atom stereocenters. The van der Waals surface area contributed by atoms with E-state index in [1.807, 2.05) is 0 Å². The Morgan fingerprint density at radius 3 is 2.74 bits per heavy atom. The first-order valence-electron chi connectivity index (χ1n) is 5.60. The van der Waals surface area contributed by atoms with Crippen LogP contribution in [-0.4, -0.2) is 19.2 Å². The van der Waals surface area contributed by atoms with Crippen LogP contribution in [0.4, 0.5) is 0 Å². The maximum atomic E-state index is 11.1. The van der Waals surface area contributed by atoms with Gasteiger partial charge in [-0.2, -0.15) is 10.5 Å². The summed E-state index contributed by atoms with van der Waals surface area (Å²) in [5.74, 6) is 0.0233. The van der Waals surface area contributed by atoms with Crippen molar-refractivity contribution in [1.29, 1.82) is 10.5 Å². The number of nitriles is 2. The normalized spacial score (nSPS) is 8.79. The monoisotopic (exact) mass is 256 g/mol. The minimum atomic E-state index is -0.446. The summed E-state index contributed by atoms with van der Waals surface area (Å²) in [6, 6.07) is 10.3. The zero-order chi connectivity index (χ0) is 14.1. The van der Waals surface area contributed by atoms with Crippen LogP contribution in [0.1, 0.15) is 12.5 Å². The van der Waals surface area contributed by atoms with Crippen molar-refractivity contribution in [2.45, 2.75) is 6.92 Å². The van der Waals surface area contributed by atoms with Crippen molar-refractivity contribution in [3.63, 3.8) is 0 Å². The Labute approximate surface area is 111 Å². The number of nitrogens with zero attached hydrogens (tertiary/aromatic N) is 2. The lowest BCUT2D eigenvalue weighted by atomic mass is 10.1. The molecule has 0 spiro atoms. The molecule has 0 saturated carbocycles. The summed E-state index contributed by atoms with van der Waals surface area (Å²) in [5.41, 5.74) is 0.655. The SMILES string of the molecule is CCOC(=O)COc1cccc(C=C(C#N)C#N)c1. The molecule has 0 aliphatic rings. The molecule has 0 aromatic heterocycles. The summed E-state index contributed by atoms with van der Waals surface area (Å²) >= 11 is 0. The lowest BCUT2D eigenvalue weighted by molar-refractivity contribution is -0.145. The van der Waals surface area contributed by atoms with E-state index >= 15 is 0 Å². The van der Waals surface area contributed by atoms with E-state index in [1.165, 1.54) is 6.08 Å². The fourth-order valence-corrected chi connectivity index (χ4v) is 1.30. The van der Waals surface area contributed by atoms with Crippen LogP contribution >= 0.6 is 0 Å². The van der Waals surface area contributed by atoms with Gasteiger partial charge < -0.3 is 9.47 Å². The van der Waals surface area contributed by atoms with Crippen LogP contribution in [0, 0.1) is 22.7 Å². The summed E-state index contributed by atoms with van der Waals surface area (Å²) in [5, 5.41) is 17.3. The first kappa shape index (κ1) is 14.3. The highest BCUT2D eigenvalue weighted by Gasteiger charge is 2.03. The van der Waals surface area contributed by atoms with Crippen LogP contribution in [0.3, 0.4) is 0 Å². The van der Waals surface area contributed by atoms with Crippen molar-refractivity contribution in [2.75, 3.05) is 13.2 Å². The second kappa shape index (κ2) is 7.52. The molecule has 0 radical (unpaired) electrons. The topological polar surface area (TPSA) is 83.1 Å². The molecule has 5 nitrogen and oxygen atoms in total. The fraction of sp³-hybridized carbons (Fsp3) is 0.214. The van der Waals surface area contributed by atoms with Gasteiger partial charge in [0, 0.05) is 0 Å². The molecule has 96 valence electrons. The van der Waals surface area contributed by atoms with Gasteiger partial charge in [-0.15, -0.1) is 0 Å². The molecule has 19 heavy (non-hydrogen) atoms. The maximum absolute atomic E-state index is 11.1. The molecule has 0 amide bonds. The molecule has 0 aliphatic heterocycles. The van der Waals surface area contributed by atoms with Crippen LogP contribution in [0.2, 0.25) is 0 Å². The van der Waals surface area contributed by atoms with Crippen molar-refractivity contribution in [1.82, 2.24) is 0 Å². The standard InChI is InChI=1S/C14H12N2O3/c1-2-18-14(17)10-19-13-5-3-4-11(7-13)6-12(8-15)9-16/h3-7H,2,10H2,1H3. The van der Waals surface area contributed by atoms with Gasteiger partial charge in [0.15, 0.2) is 6.61 Å². The molecule has 1 rings (SSSR count). The highest BCUT2D eigenvalue weighted by Crippen LogP contribution is 2.15. The van der Waals surface area contributed by atoms with E-state index in [4.69, 9.17) is 20.0 Å². The Hall–Kier alpha value is -2.79. The Balaban J connectivity index is 2.74. The third-order valence-corrected chi connectivity index (χ3v) is 2.07. The summed E-state index contributed by atoms with van der Waals surface area (Å²) in [6.07, 6.45) is 1.44. The summed E-state index contributed by atoms with van der Waals surface area (Å²) in [4.78, 5) is 11.1. The molecule has 1 aromatic carbocycles. The van der Waals surface area contributed by atoms with Gasteiger partial charge in [-0.25, -0.2) is 4.79 Å². The molecular formula is C14H12N2O3. The van der Waals surface area contributed by atoms with Gasteiger partial charge in [-0.1, -0.05) is 12.1 Å². The Morgan fingerprint density at radius 2 is 2.11 bits per heavy atom. The average Bonchev–Trinajstić information content (AvgIpc) is 2.43. The van der Waals surface area contributed by atoms with Crippen LogP contribution in [0.15, 0.2) is 29.8 Å². The number of benzene rings is 1. The van der Waals surface area contributed by atoms with Crippen LogP contribution in [0.25, 0.3) is 6.08 Å². The molecule has 0 N–H and O–H groups in total. The number of carbonyl (C=O) groups excluding carboxylic acids is 1. The number of esters is 1. The molecule has 0 bridgehead atoms. The Morgan fingerprint density at radius 1 is 1.37 bits per heavy atom. The Bertz CT molecular complexity index is 549. The van der Waals surface area contributed by atoms with E-state index < -0.39 is 5.97 Å². The highest BCUT2D eigenvalue weighted by atomic mass is 16.6. The van der Waals surface area contributed by atoms with Gasteiger partial charge in [0.1, 0.15) is 23.5 Å². The molecule has 0 unspecified atom stereocenters. The smallest absolute Gasteiger partial charge is 0.344 e. The molecule has 5 heteroatoms. The lowest BCUT2D eigenvalue weighted by Crippen LogP contribution is -2.14. The number of hydrogen-bond acceptors (Lipinski definition) is 5. The third kappa shape index (κ3) is 4.93. The Kier molecular flexibility index (Phi) is 5.65. The van der Waals surface area contributed by atoms with E-state index in [0.29, 0.717) is 17.9 Å². The van der Waals surface area contributed by atoms with Crippen LogP contribution in [0.5, 0.6) is 5.75 Å². The van der Waals surface area contributed by atoms with E-state index in [1.54, 1.807) is 43.3 Å². The second-order valence-corrected chi connectivity index (χ2v) is 3.45. The molecular weight excluding hydrogens is 244 g/mol. The van der Waals surface area contributed by atoms with Crippen molar-refractivity contribution >= 4 is 12.0 Å². The quantitative estimate of drug-likeness (QED) is 0.594. The molecule has 0 heterocycles. The number of ether oxygens (including phenoxy) is 2. The van der Waals surface area contributed by atoms with E-state index in [-0.39, 0.29) is 12.2 Å². The first-order valence-corrected chi connectivity index (χ1v) is 5.60.